The SMILES string of the molecule is Cl.OC(CNC1CCCC1)COc1ccc2c(c1)OCO2. The molecule has 1 aliphatic heterocycles. The van der Waals surface area contributed by atoms with Crippen molar-refractivity contribution < 1.29 is 19.3 Å². The van der Waals surface area contributed by atoms with Crippen LogP contribution in [-0.4, -0.2) is 37.2 Å². The smallest absolute Gasteiger partial charge is 0.231 e. The third-order valence-corrected chi connectivity index (χ3v) is 3.78. The normalized spacial score (nSPS) is 18.3. The van der Waals surface area contributed by atoms with Crippen molar-refractivity contribution in [2.45, 2.75) is 37.8 Å². The topological polar surface area (TPSA) is 60.0 Å². The summed E-state index contributed by atoms with van der Waals surface area (Å²) in [6.45, 7) is 1.11. The van der Waals surface area contributed by atoms with Crippen LogP contribution < -0.4 is 19.5 Å². The van der Waals surface area contributed by atoms with Crippen molar-refractivity contribution in [2.75, 3.05) is 19.9 Å². The highest BCUT2D eigenvalue weighted by Crippen LogP contribution is 2.35. The summed E-state index contributed by atoms with van der Waals surface area (Å²) in [4.78, 5) is 0. The first-order valence-corrected chi connectivity index (χ1v) is 7.25. The van der Waals surface area contributed by atoms with E-state index in [1.165, 1.54) is 25.7 Å². The lowest BCUT2D eigenvalue weighted by atomic mass is 10.2. The fourth-order valence-electron chi connectivity index (χ4n) is 2.65. The first kappa shape index (κ1) is 16.2. The molecule has 3 rings (SSSR count). The zero-order chi connectivity index (χ0) is 13.8. The molecule has 1 aliphatic carbocycles. The number of rotatable bonds is 6. The quantitative estimate of drug-likeness (QED) is 0.842. The lowest BCUT2D eigenvalue weighted by molar-refractivity contribution is 0.103. The number of hydrogen-bond acceptors (Lipinski definition) is 5. The van der Waals surface area contributed by atoms with Gasteiger partial charge in [-0.2, -0.15) is 0 Å². The number of ether oxygens (including phenoxy) is 3. The molecular weight excluding hydrogens is 294 g/mol. The van der Waals surface area contributed by atoms with Crippen molar-refractivity contribution in [3.63, 3.8) is 0 Å². The Balaban J connectivity index is 0.00000161. The summed E-state index contributed by atoms with van der Waals surface area (Å²) in [5.41, 5.74) is 0. The Labute approximate surface area is 131 Å². The van der Waals surface area contributed by atoms with Gasteiger partial charge in [-0.25, -0.2) is 0 Å². The number of aliphatic hydroxyl groups is 1. The van der Waals surface area contributed by atoms with Crippen LogP contribution >= 0.6 is 12.4 Å². The second kappa shape index (κ2) is 7.73. The standard InChI is InChI=1S/C15H21NO4.ClH/c17-12(8-16-11-3-1-2-4-11)9-18-13-5-6-14-15(7-13)20-10-19-14;/h5-7,11-12,16-17H,1-4,8-10H2;1H. The Morgan fingerprint density at radius 3 is 2.81 bits per heavy atom. The third kappa shape index (κ3) is 4.40. The molecule has 1 heterocycles. The second-order valence-electron chi connectivity index (χ2n) is 5.37. The Bertz CT molecular complexity index is 451. The van der Waals surface area contributed by atoms with E-state index in [0.717, 1.165) is 5.75 Å². The fourth-order valence-corrected chi connectivity index (χ4v) is 2.65. The van der Waals surface area contributed by atoms with Crippen molar-refractivity contribution in [2.24, 2.45) is 0 Å². The van der Waals surface area contributed by atoms with Gasteiger partial charge in [0.2, 0.25) is 6.79 Å². The summed E-state index contributed by atoms with van der Waals surface area (Å²) in [5.74, 6) is 2.12. The van der Waals surface area contributed by atoms with Gasteiger partial charge < -0.3 is 24.6 Å². The van der Waals surface area contributed by atoms with Crippen molar-refractivity contribution in [3.05, 3.63) is 18.2 Å². The van der Waals surface area contributed by atoms with Gasteiger partial charge in [0, 0.05) is 18.7 Å². The summed E-state index contributed by atoms with van der Waals surface area (Å²) in [5, 5.41) is 13.3. The molecule has 0 amide bonds. The molecule has 6 heteroatoms. The molecule has 1 saturated carbocycles. The highest BCUT2D eigenvalue weighted by Gasteiger charge is 2.17. The largest absolute Gasteiger partial charge is 0.491 e. The molecule has 0 aromatic heterocycles. The van der Waals surface area contributed by atoms with E-state index in [1.807, 2.05) is 12.1 Å². The van der Waals surface area contributed by atoms with E-state index in [2.05, 4.69) is 5.32 Å². The van der Waals surface area contributed by atoms with Crippen LogP contribution in [0.1, 0.15) is 25.7 Å². The zero-order valence-electron chi connectivity index (χ0n) is 11.9. The van der Waals surface area contributed by atoms with Crippen LogP contribution in [0.2, 0.25) is 0 Å². The average Bonchev–Trinajstić information content (AvgIpc) is 3.13. The van der Waals surface area contributed by atoms with E-state index in [1.54, 1.807) is 6.07 Å². The maximum absolute atomic E-state index is 9.92. The van der Waals surface area contributed by atoms with E-state index in [9.17, 15) is 5.11 Å². The molecule has 5 nitrogen and oxygen atoms in total. The minimum atomic E-state index is -0.499. The second-order valence-corrected chi connectivity index (χ2v) is 5.37. The third-order valence-electron chi connectivity index (χ3n) is 3.78. The van der Waals surface area contributed by atoms with Crippen molar-refractivity contribution in [3.8, 4) is 17.2 Å². The molecule has 0 spiro atoms. The minimum Gasteiger partial charge on any atom is -0.491 e. The number of aliphatic hydroxyl groups excluding tert-OH is 1. The molecule has 1 aromatic carbocycles. The van der Waals surface area contributed by atoms with Gasteiger partial charge in [-0.1, -0.05) is 12.8 Å². The molecule has 0 bridgehead atoms. The van der Waals surface area contributed by atoms with E-state index in [4.69, 9.17) is 14.2 Å². The molecule has 1 fully saturated rings. The van der Waals surface area contributed by atoms with Gasteiger partial charge in [-0.15, -0.1) is 12.4 Å². The molecule has 2 aliphatic rings. The minimum absolute atomic E-state index is 0. The van der Waals surface area contributed by atoms with Gasteiger partial charge in [0.25, 0.3) is 0 Å². The molecule has 1 aromatic rings. The lowest BCUT2D eigenvalue weighted by Gasteiger charge is -2.16. The van der Waals surface area contributed by atoms with E-state index in [-0.39, 0.29) is 25.8 Å². The van der Waals surface area contributed by atoms with Gasteiger partial charge in [-0.05, 0) is 25.0 Å². The van der Waals surface area contributed by atoms with Gasteiger partial charge in [-0.3, -0.25) is 0 Å². The molecule has 0 saturated heterocycles. The first-order chi connectivity index (χ1) is 9.81. The monoisotopic (exact) mass is 315 g/mol. The maximum atomic E-state index is 9.92. The predicted octanol–water partition coefficient (Wildman–Crippen LogP) is 2.11. The molecule has 1 unspecified atom stereocenters. The van der Waals surface area contributed by atoms with Gasteiger partial charge in [0.1, 0.15) is 18.5 Å². The first-order valence-electron chi connectivity index (χ1n) is 7.25. The Kier molecular flexibility index (Phi) is 5.96. The molecule has 2 N–H and O–H groups in total. The highest BCUT2D eigenvalue weighted by atomic mass is 35.5. The number of fused-ring (bicyclic) bond motifs is 1. The molecule has 0 radical (unpaired) electrons. The summed E-state index contributed by atoms with van der Waals surface area (Å²) in [6, 6.07) is 6.00. The molecule has 21 heavy (non-hydrogen) atoms. The fraction of sp³-hybridized carbons (Fsp3) is 0.600. The van der Waals surface area contributed by atoms with E-state index >= 15 is 0 Å². The number of halogens is 1. The van der Waals surface area contributed by atoms with Crippen molar-refractivity contribution >= 4 is 12.4 Å². The van der Waals surface area contributed by atoms with Crippen LogP contribution in [0.5, 0.6) is 17.2 Å². The summed E-state index contributed by atoms with van der Waals surface area (Å²) >= 11 is 0. The zero-order valence-corrected chi connectivity index (χ0v) is 12.7. The van der Waals surface area contributed by atoms with E-state index < -0.39 is 6.10 Å². The van der Waals surface area contributed by atoms with Crippen molar-refractivity contribution in [1.29, 1.82) is 0 Å². The van der Waals surface area contributed by atoms with E-state index in [0.29, 0.717) is 24.1 Å². The number of benzene rings is 1. The van der Waals surface area contributed by atoms with Crippen LogP contribution in [0.3, 0.4) is 0 Å². The van der Waals surface area contributed by atoms with Crippen LogP contribution in [0.4, 0.5) is 0 Å². The number of nitrogens with one attached hydrogen (secondary N) is 1. The molecule has 1 atom stereocenters. The van der Waals surface area contributed by atoms with Gasteiger partial charge >= 0.3 is 0 Å². The van der Waals surface area contributed by atoms with Crippen LogP contribution in [0.15, 0.2) is 18.2 Å². The lowest BCUT2D eigenvalue weighted by Crippen LogP contribution is -2.36. The molecule has 118 valence electrons. The van der Waals surface area contributed by atoms with Gasteiger partial charge in [0.15, 0.2) is 11.5 Å². The summed E-state index contributed by atoms with van der Waals surface area (Å²) < 4.78 is 16.1. The van der Waals surface area contributed by atoms with Crippen LogP contribution in [0, 0.1) is 0 Å². The highest BCUT2D eigenvalue weighted by molar-refractivity contribution is 5.85. The van der Waals surface area contributed by atoms with Crippen molar-refractivity contribution in [1.82, 2.24) is 5.32 Å². The predicted molar refractivity (Wildman–Crippen MR) is 81.6 cm³/mol. The summed E-state index contributed by atoms with van der Waals surface area (Å²) in [7, 11) is 0. The Morgan fingerprint density at radius 2 is 2.00 bits per heavy atom. The average molecular weight is 316 g/mol. The molecular formula is C15H22ClNO4. The Hall–Kier alpha value is -1.17. The van der Waals surface area contributed by atoms with Crippen LogP contribution in [-0.2, 0) is 0 Å². The van der Waals surface area contributed by atoms with Gasteiger partial charge in [0.05, 0.1) is 0 Å². The van der Waals surface area contributed by atoms with Crippen LogP contribution in [0.25, 0.3) is 0 Å². The maximum Gasteiger partial charge on any atom is 0.231 e. The summed E-state index contributed by atoms with van der Waals surface area (Å²) in [6.07, 6.45) is 4.52. The Morgan fingerprint density at radius 1 is 1.24 bits per heavy atom. The number of hydrogen-bond donors (Lipinski definition) is 2.